The molecule has 0 unspecified atom stereocenters. The van der Waals surface area contributed by atoms with Crippen molar-refractivity contribution in [3.8, 4) is 0 Å². The molecule has 0 aromatic heterocycles. The number of benzene rings is 2. The summed E-state index contributed by atoms with van der Waals surface area (Å²) in [6.45, 7) is 0. The van der Waals surface area contributed by atoms with Gasteiger partial charge in [0.25, 0.3) is 5.69 Å². The fourth-order valence-corrected chi connectivity index (χ4v) is 1.74. The SMILES string of the molecule is O=C(O)c1ccc2cc(C(=O)O)c([N+](=O)[O-])cc2c1. The Hall–Kier alpha value is -2.96. The van der Waals surface area contributed by atoms with Gasteiger partial charge >= 0.3 is 11.9 Å². The molecule has 0 atom stereocenters. The second-order valence-electron chi connectivity index (χ2n) is 3.80. The highest BCUT2D eigenvalue weighted by molar-refractivity contribution is 6.01. The Balaban J connectivity index is 2.77. The number of hydrogen-bond acceptors (Lipinski definition) is 4. The lowest BCUT2D eigenvalue weighted by atomic mass is 10.0. The van der Waals surface area contributed by atoms with Crippen LogP contribution in [0.1, 0.15) is 20.7 Å². The van der Waals surface area contributed by atoms with Crippen LogP contribution in [0.25, 0.3) is 10.8 Å². The molecule has 7 nitrogen and oxygen atoms in total. The Morgan fingerprint density at radius 1 is 1.00 bits per heavy atom. The Labute approximate surface area is 105 Å². The van der Waals surface area contributed by atoms with Crippen molar-refractivity contribution >= 4 is 28.4 Å². The number of nitrogens with zero attached hydrogens (tertiary/aromatic N) is 1. The maximum Gasteiger partial charge on any atom is 0.342 e. The Morgan fingerprint density at radius 3 is 2.21 bits per heavy atom. The number of nitro groups is 1. The van der Waals surface area contributed by atoms with Crippen molar-refractivity contribution in [1.82, 2.24) is 0 Å². The van der Waals surface area contributed by atoms with E-state index in [0.29, 0.717) is 10.8 Å². The van der Waals surface area contributed by atoms with E-state index in [2.05, 4.69) is 0 Å². The number of carbonyl (C=O) groups is 2. The van der Waals surface area contributed by atoms with Crippen molar-refractivity contribution in [1.29, 1.82) is 0 Å². The normalized spacial score (nSPS) is 10.3. The minimum Gasteiger partial charge on any atom is -0.478 e. The summed E-state index contributed by atoms with van der Waals surface area (Å²) in [7, 11) is 0. The molecule has 0 saturated heterocycles. The molecule has 7 heteroatoms. The standard InChI is InChI=1S/C12H7NO6/c14-11(15)7-2-1-6-4-9(12(16)17)10(13(18)19)5-8(6)3-7/h1-5H,(H,14,15)(H,16,17). The Morgan fingerprint density at radius 2 is 1.68 bits per heavy atom. The zero-order valence-corrected chi connectivity index (χ0v) is 9.36. The van der Waals surface area contributed by atoms with E-state index in [1.807, 2.05) is 0 Å². The van der Waals surface area contributed by atoms with Gasteiger partial charge in [0.1, 0.15) is 5.56 Å². The molecule has 19 heavy (non-hydrogen) atoms. The van der Waals surface area contributed by atoms with E-state index in [0.717, 1.165) is 12.1 Å². The van der Waals surface area contributed by atoms with Gasteiger partial charge in [0.2, 0.25) is 0 Å². The van der Waals surface area contributed by atoms with Gasteiger partial charge in [-0.2, -0.15) is 0 Å². The molecule has 2 aromatic rings. The van der Waals surface area contributed by atoms with Gasteiger partial charge in [-0.1, -0.05) is 6.07 Å². The highest BCUT2D eigenvalue weighted by atomic mass is 16.6. The van der Waals surface area contributed by atoms with Crippen LogP contribution in [0.15, 0.2) is 30.3 Å². The molecule has 0 bridgehead atoms. The smallest absolute Gasteiger partial charge is 0.342 e. The van der Waals surface area contributed by atoms with Crippen LogP contribution < -0.4 is 0 Å². The van der Waals surface area contributed by atoms with Crippen molar-refractivity contribution in [2.75, 3.05) is 0 Å². The van der Waals surface area contributed by atoms with E-state index in [1.54, 1.807) is 0 Å². The molecule has 2 aromatic carbocycles. The molecule has 2 rings (SSSR count). The predicted molar refractivity (Wildman–Crippen MR) is 64.5 cm³/mol. The van der Waals surface area contributed by atoms with Gasteiger partial charge in [-0.05, 0) is 29.0 Å². The molecule has 0 saturated carbocycles. The van der Waals surface area contributed by atoms with Crippen LogP contribution in [-0.4, -0.2) is 27.1 Å². The summed E-state index contributed by atoms with van der Waals surface area (Å²) in [5.41, 5.74) is -1.02. The summed E-state index contributed by atoms with van der Waals surface area (Å²) in [5, 5.41) is 29.3. The minimum atomic E-state index is -1.41. The summed E-state index contributed by atoms with van der Waals surface area (Å²) in [6.07, 6.45) is 0. The Bertz CT molecular complexity index is 721. The predicted octanol–water partition coefficient (Wildman–Crippen LogP) is 2.14. The molecule has 0 aliphatic rings. The number of hydrogen-bond donors (Lipinski definition) is 2. The largest absolute Gasteiger partial charge is 0.478 e. The van der Waals surface area contributed by atoms with Crippen LogP contribution in [0.3, 0.4) is 0 Å². The number of rotatable bonds is 3. The first kappa shape index (κ1) is 12.5. The first-order valence-corrected chi connectivity index (χ1v) is 5.09. The van der Waals surface area contributed by atoms with Gasteiger partial charge in [0, 0.05) is 6.07 Å². The van der Waals surface area contributed by atoms with Crippen molar-refractivity contribution < 1.29 is 24.7 Å². The molecule has 0 fully saturated rings. The minimum absolute atomic E-state index is 0.0233. The first-order chi connectivity index (χ1) is 8.90. The van der Waals surface area contributed by atoms with Crippen LogP contribution in [0.5, 0.6) is 0 Å². The molecule has 0 radical (unpaired) electrons. The third-order valence-corrected chi connectivity index (χ3v) is 2.63. The second-order valence-corrected chi connectivity index (χ2v) is 3.80. The maximum atomic E-state index is 10.9. The van der Waals surface area contributed by atoms with E-state index in [9.17, 15) is 19.7 Å². The fraction of sp³-hybridized carbons (Fsp3) is 0. The quantitative estimate of drug-likeness (QED) is 0.645. The van der Waals surface area contributed by atoms with Crippen molar-refractivity contribution in [2.24, 2.45) is 0 Å². The van der Waals surface area contributed by atoms with Crippen LogP contribution in [0.4, 0.5) is 5.69 Å². The molecule has 0 heterocycles. The highest BCUT2D eigenvalue weighted by Crippen LogP contribution is 2.26. The molecule has 2 N–H and O–H groups in total. The third-order valence-electron chi connectivity index (χ3n) is 2.63. The zero-order valence-electron chi connectivity index (χ0n) is 9.36. The van der Waals surface area contributed by atoms with Crippen LogP contribution in [0.2, 0.25) is 0 Å². The highest BCUT2D eigenvalue weighted by Gasteiger charge is 2.20. The first-order valence-electron chi connectivity index (χ1n) is 5.09. The van der Waals surface area contributed by atoms with Gasteiger partial charge in [0.15, 0.2) is 0 Å². The second kappa shape index (κ2) is 4.37. The van der Waals surface area contributed by atoms with Crippen LogP contribution in [0, 0.1) is 10.1 Å². The summed E-state index contributed by atoms with van der Waals surface area (Å²) >= 11 is 0. The van der Waals surface area contributed by atoms with E-state index >= 15 is 0 Å². The van der Waals surface area contributed by atoms with E-state index in [-0.39, 0.29) is 5.56 Å². The monoisotopic (exact) mass is 261 g/mol. The number of carboxylic acid groups (broad SMARTS) is 2. The Kier molecular flexibility index (Phi) is 2.88. The molecule has 0 amide bonds. The summed E-state index contributed by atoms with van der Waals surface area (Å²) in [5.74, 6) is -2.57. The van der Waals surface area contributed by atoms with Crippen LogP contribution >= 0.6 is 0 Å². The third kappa shape index (κ3) is 2.21. The summed E-state index contributed by atoms with van der Waals surface area (Å²) < 4.78 is 0. The van der Waals surface area contributed by atoms with Gasteiger partial charge in [-0.25, -0.2) is 9.59 Å². The van der Waals surface area contributed by atoms with Gasteiger partial charge in [-0.15, -0.1) is 0 Å². The summed E-state index contributed by atoms with van der Waals surface area (Å²) in [6, 6.07) is 6.19. The summed E-state index contributed by atoms with van der Waals surface area (Å²) in [4.78, 5) is 31.8. The fourth-order valence-electron chi connectivity index (χ4n) is 1.74. The average Bonchev–Trinajstić information content (AvgIpc) is 2.36. The number of nitro benzene ring substituents is 1. The lowest BCUT2D eigenvalue weighted by Gasteiger charge is -2.03. The van der Waals surface area contributed by atoms with Gasteiger partial charge in [-0.3, -0.25) is 10.1 Å². The van der Waals surface area contributed by atoms with E-state index in [4.69, 9.17) is 10.2 Å². The van der Waals surface area contributed by atoms with Gasteiger partial charge < -0.3 is 10.2 Å². The molecule has 0 spiro atoms. The number of carboxylic acids is 2. The molecular weight excluding hydrogens is 254 g/mol. The molecule has 0 aliphatic carbocycles. The molecule has 0 aliphatic heterocycles. The maximum absolute atomic E-state index is 10.9. The van der Waals surface area contributed by atoms with E-state index in [1.165, 1.54) is 18.2 Å². The number of aromatic carboxylic acids is 2. The van der Waals surface area contributed by atoms with Crippen molar-refractivity contribution in [2.45, 2.75) is 0 Å². The van der Waals surface area contributed by atoms with E-state index < -0.39 is 28.1 Å². The van der Waals surface area contributed by atoms with Crippen molar-refractivity contribution in [3.63, 3.8) is 0 Å². The lowest BCUT2D eigenvalue weighted by molar-refractivity contribution is -0.385. The zero-order chi connectivity index (χ0) is 14.2. The average molecular weight is 261 g/mol. The lowest BCUT2D eigenvalue weighted by Crippen LogP contribution is -2.03. The van der Waals surface area contributed by atoms with Crippen molar-refractivity contribution in [3.05, 3.63) is 51.6 Å². The number of fused-ring (bicyclic) bond motifs is 1. The molecular formula is C12H7NO6. The van der Waals surface area contributed by atoms with Gasteiger partial charge in [0.05, 0.1) is 10.5 Å². The molecule has 96 valence electrons. The topological polar surface area (TPSA) is 118 Å². The van der Waals surface area contributed by atoms with Crippen LogP contribution in [-0.2, 0) is 0 Å².